The molecule has 0 radical (unpaired) electrons. The second kappa shape index (κ2) is 18.2. The Morgan fingerprint density at radius 1 is 0.254 bits per heavy atom. The normalized spacial score (nSPS) is 13.1. The van der Waals surface area contributed by atoms with Crippen LogP contribution in [0.3, 0.4) is 0 Å². The maximum Gasteiger partial charge on any atom is 2.00 e. The monoisotopic (exact) mass is 1010 g/mol. The molecule has 25 heteroatoms. The van der Waals surface area contributed by atoms with E-state index in [2.05, 4.69) is 49.8 Å². The van der Waals surface area contributed by atoms with Gasteiger partial charge in [-0.3, -0.25) is 19.9 Å². The number of nitrogens with zero attached hydrogens (tertiary/aromatic N) is 10. The van der Waals surface area contributed by atoms with Crippen molar-refractivity contribution >= 4 is 15.6 Å². The van der Waals surface area contributed by atoms with Gasteiger partial charge in [-0.15, -0.1) is 0 Å². The Balaban J connectivity index is 0.000000211. The molecule has 0 amide bonds. The van der Waals surface area contributed by atoms with E-state index in [9.17, 15) is 50.4 Å². The number of aromatic nitrogens is 10. The van der Waals surface area contributed by atoms with Gasteiger partial charge >= 0.3 is 85.5 Å². The third kappa shape index (κ3) is 20.0. The third-order valence-corrected chi connectivity index (χ3v) is 6.91. The molecule has 10 nitrogen and oxygen atoms in total. The molecule has 0 saturated carbocycles. The van der Waals surface area contributed by atoms with Gasteiger partial charge in [-0.1, -0.05) is 84.9 Å². The predicted molar refractivity (Wildman–Crippen MR) is 211 cm³/mol. The number of hydrogen-bond donors (Lipinski definition) is 0. The van der Waals surface area contributed by atoms with Crippen molar-refractivity contribution in [2.75, 3.05) is 0 Å². The summed E-state index contributed by atoms with van der Waals surface area (Å²) in [6.07, 6.45) is 6.90. The fraction of sp³-hybridized carbons (Fsp3) is 0. The summed E-state index contributed by atoms with van der Waals surface area (Å²) in [5.74, 6) is 3.34. The number of benzene rings is 2. The quantitative estimate of drug-likeness (QED) is 0.0902. The van der Waals surface area contributed by atoms with E-state index in [-0.39, 0.29) is 19.5 Å². The van der Waals surface area contributed by atoms with Crippen LogP contribution in [0.5, 0.6) is 0 Å². The minimum Gasteiger partial charge on any atom is -0.253 e. The molecule has 0 N–H and O–H groups in total. The summed E-state index contributed by atoms with van der Waals surface area (Å²) in [6, 6.07) is 42.3. The van der Waals surface area contributed by atoms with Crippen molar-refractivity contribution in [1.82, 2.24) is 49.8 Å². The maximum atomic E-state index is 9.87. The smallest absolute Gasteiger partial charge is 0.253 e. The van der Waals surface area contributed by atoms with Gasteiger partial charge in [-0.05, 0) is 48.5 Å². The van der Waals surface area contributed by atoms with Crippen molar-refractivity contribution < 1.29 is 69.8 Å². The maximum absolute atomic E-state index is 10.7. The van der Waals surface area contributed by atoms with E-state index in [4.69, 9.17) is 0 Å². The molecule has 0 fully saturated rings. The molecule has 0 atom stereocenters. The Hall–Kier alpha value is -6.30. The van der Waals surface area contributed by atoms with E-state index < -0.39 is 15.6 Å². The van der Waals surface area contributed by atoms with Crippen LogP contribution in [-0.2, 0) is 19.5 Å². The first kappa shape index (κ1) is 49.4. The molecule has 2 aromatic carbocycles. The van der Waals surface area contributed by atoms with E-state index in [1.807, 2.05) is 133 Å². The average molecular weight is 1010 g/mol. The first-order valence-corrected chi connectivity index (χ1v) is 21.2. The van der Waals surface area contributed by atoms with Gasteiger partial charge in [-0.25, -0.2) is 29.9 Å². The summed E-state index contributed by atoms with van der Waals surface area (Å²) in [7, 11) is -21.3. The van der Waals surface area contributed by atoms with E-state index in [1.165, 1.54) is 0 Å². The van der Waals surface area contributed by atoms with Crippen molar-refractivity contribution in [3.05, 3.63) is 158 Å². The Labute approximate surface area is 361 Å². The minimum atomic E-state index is -10.7. The Morgan fingerprint density at radius 3 is 0.635 bits per heavy atom. The van der Waals surface area contributed by atoms with Gasteiger partial charge in [0, 0.05) is 35.9 Å². The van der Waals surface area contributed by atoms with Crippen LogP contribution in [0, 0.1) is 0 Å². The molecule has 63 heavy (non-hydrogen) atoms. The zero-order valence-corrected chi connectivity index (χ0v) is 34.8. The van der Waals surface area contributed by atoms with Crippen LogP contribution in [0.1, 0.15) is 0 Å². The Bertz CT molecular complexity index is 2220. The standard InChI is InChI=1S/2C19H13N5.2F6P.Ru/c2*1-2-8-14(9-3-1)17-22-18(15-10-4-6-12-20-15)24-19(23-17)16-11-5-7-13-21-16;2*1-7(2,3,4,5)6;/h2*1-13H;;;/q;;2*-1;+2. The Kier molecular flexibility index (Phi) is 14.3. The van der Waals surface area contributed by atoms with Crippen molar-refractivity contribution in [3.63, 3.8) is 0 Å². The predicted octanol–water partition coefficient (Wildman–Crippen LogP) is 14.1. The zero-order valence-electron chi connectivity index (χ0n) is 31.3. The van der Waals surface area contributed by atoms with Gasteiger partial charge in [-0.2, -0.15) is 0 Å². The number of halogens is 12. The van der Waals surface area contributed by atoms with E-state index in [0.717, 1.165) is 11.1 Å². The molecular formula is C38H26F12N10P2Ru. The zero-order chi connectivity index (χ0) is 45.2. The van der Waals surface area contributed by atoms with Crippen molar-refractivity contribution in [1.29, 1.82) is 0 Å². The average Bonchev–Trinajstić information content (AvgIpc) is 3.23. The molecule has 330 valence electrons. The van der Waals surface area contributed by atoms with Gasteiger partial charge in [0.05, 0.1) is 0 Å². The second-order valence-corrected chi connectivity index (χ2v) is 16.0. The van der Waals surface area contributed by atoms with E-state index in [0.29, 0.717) is 57.7 Å². The van der Waals surface area contributed by atoms with Crippen LogP contribution < -0.4 is 0 Å². The molecule has 6 aromatic heterocycles. The summed E-state index contributed by atoms with van der Waals surface area (Å²) in [6.45, 7) is 0. The summed E-state index contributed by atoms with van der Waals surface area (Å²) < 4.78 is 118. The molecule has 6 heterocycles. The van der Waals surface area contributed by atoms with Crippen LogP contribution in [-0.4, -0.2) is 49.8 Å². The summed E-state index contributed by atoms with van der Waals surface area (Å²) >= 11 is 0. The summed E-state index contributed by atoms with van der Waals surface area (Å²) in [5, 5.41) is 0. The molecule has 0 bridgehead atoms. The molecule has 0 aliphatic rings. The van der Waals surface area contributed by atoms with Gasteiger partial charge in [0.1, 0.15) is 22.8 Å². The Morgan fingerprint density at radius 2 is 0.444 bits per heavy atom. The van der Waals surface area contributed by atoms with Crippen molar-refractivity contribution in [2.45, 2.75) is 0 Å². The molecule has 0 aliphatic heterocycles. The van der Waals surface area contributed by atoms with E-state index >= 15 is 0 Å². The van der Waals surface area contributed by atoms with Crippen LogP contribution in [0.4, 0.5) is 50.4 Å². The first-order chi connectivity index (χ1) is 28.7. The van der Waals surface area contributed by atoms with Gasteiger partial charge < -0.3 is 0 Å². The SMILES string of the molecule is F[P-](F)(F)(F)(F)F.F[P-](F)(F)(F)(F)F.[Ru+2].c1ccc(-c2nc(-c3ccccn3)nc(-c3ccccn3)n2)cc1.c1ccc(-c2nc(-c3ccccn3)nc(-c3ccccn3)n2)cc1. The largest absolute Gasteiger partial charge is 2.00 e. The molecular weight excluding hydrogens is 987 g/mol. The topological polar surface area (TPSA) is 129 Å². The minimum absolute atomic E-state index is 0. The van der Waals surface area contributed by atoms with E-state index in [1.54, 1.807) is 24.8 Å². The third-order valence-electron chi connectivity index (χ3n) is 6.91. The van der Waals surface area contributed by atoms with Gasteiger partial charge in [0.2, 0.25) is 0 Å². The summed E-state index contributed by atoms with van der Waals surface area (Å²) in [4.78, 5) is 44.8. The number of pyridine rings is 4. The first-order valence-electron chi connectivity index (χ1n) is 17.1. The molecule has 8 aromatic rings. The van der Waals surface area contributed by atoms with Gasteiger partial charge in [0.25, 0.3) is 0 Å². The summed E-state index contributed by atoms with van der Waals surface area (Å²) in [5.41, 5.74) is 4.66. The number of hydrogen-bond acceptors (Lipinski definition) is 10. The van der Waals surface area contributed by atoms with Crippen LogP contribution in [0.25, 0.3) is 68.8 Å². The molecule has 0 saturated heterocycles. The van der Waals surface area contributed by atoms with Crippen molar-refractivity contribution in [2.24, 2.45) is 0 Å². The van der Waals surface area contributed by atoms with Crippen LogP contribution >= 0.6 is 15.6 Å². The van der Waals surface area contributed by atoms with Crippen molar-refractivity contribution in [3.8, 4) is 68.8 Å². The molecule has 0 aliphatic carbocycles. The van der Waals surface area contributed by atoms with Crippen LogP contribution in [0.15, 0.2) is 158 Å². The van der Waals surface area contributed by atoms with Gasteiger partial charge in [0.15, 0.2) is 34.9 Å². The van der Waals surface area contributed by atoms with Crippen LogP contribution in [0.2, 0.25) is 0 Å². The molecule has 0 spiro atoms. The fourth-order valence-corrected chi connectivity index (χ4v) is 4.62. The fourth-order valence-electron chi connectivity index (χ4n) is 4.62. The number of rotatable bonds is 6. The molecule has 0 unspecified atom stereocenters. The second-order valence-electron chi connectivity index (χ2n) is 12.1. The molecule has 8 rings (SSSR count).